The number of hydrogen-bond acceptors (Lipinski definition) is 8. The number of hydrogen-bond donors (Lipinski definition) is 1. The summed E-state index contributed by atoms with van der Waals surface area (Å²) in [4.78, 5) is 2.37. The molecule has 13 heteroatoms. The summed E-state index contributed by atoms with van der Waals surface area (Å²) in [5, 5.41) is 11.8. The Morgan fingerprint density at radius 2 is 1.58 bits per heavy atom. The molecule has 0 unspecified atom stereocenters. The average Bonchev–Trinajstić information content (AvgIpc) is 3.23. The molecular formula is C20H23FN6O4S2. The van der Waals surface area contributed by atoms with E-state index < -0.39 is 25.7 Å². The Bertz CT molecular complexity index is 1320. The van der Waals surface area contributed by atoms with Crippen LogP contribution in [-0.4, -0.2) is 67.3 Å². The third-order valence-electron chi connectivity index (χ3n) is 5.44. The van der Waals surface area contributed by atoms with E-state index in [-0.39, 0.29) is 15.8 Å². The van der Waals surface area contributed by atoms with Crippen molar-refractivity contribution in [1.29, 1.82) is 0 Å². The topological polar surface area (TPSA) is 127 Å². The first kappa shape index (κ1) is 23.4. The maximum absolute atomic E-state index is 13.1. The number of halogens is 1. The Hall–Kier alpha value is -2.74. The van der Waals surface area contributed by atoms with Crippen molar-refractivity contribution in [1.82, 2.24) is 29.8 Å². The van der Waals surface area contributed by atoms with Crippen molar-refractivity contribution in [2.24, 2.45) is 0 Å². The van der Waals surface area contributed by atoms with Crippen molar-refractivity contribution >= 4 is 19.9 Å². The minimum absolute atomic E-state index is 0.0346. The molecule has 33 heavy (non-hydrogen) atoms. The van der Waals surface area contributed by atoms with E-state index in [9.17, 15) is 21.2 Å². The van der Waals surface area contributed by atoms with Gasteiger partial charge in [-0.3, -0.25) is 4.90 Å². The lowest BCUT2D eigenvalue weighted by Gasteiger charge is -2.31. The molecule has 1 saturated heterocycles. The van der Waals surface area contributed by atoms with Gasteiger partial charge in [-0.05, 0) is 71.8 Å². The molecule has 10 nitrogen and oxygen atoms in total. The molecule has 1 aliphatic heterocycles. The van der Waals surface area contributed by atoms with E-state index in [0.29, 0.717) is 44.0 Å². The van der Waals surface area contributed by atoms with Crippen molar-refractivity contribution in [2.45, 2.75) is 35.2 Å². The van der Waals surface area contributed by atoms with E-state index in [2.05, 4.69) is 25.1 Å². The lowest BCUT2D eigenvalue weighted by atomic mass is 10.1. The highest BCUT2D eigenvalue weighted by Gasteiger charge is 2.26. The molecule has 0 aliphatic carbocycles. The second-order valence-corrected chi connectivity index (χ2v) is 11.6. The third kappa shape index (κ3) is 5.61. The molecule has 0 radical (unpaired) electrons. The van der Waals surface area contributed by atoms with Gasteiger partial charge in [-0.15, -0.1) is 5.10 Å². The van der Waals surface area contributed by atoms with E-state index >= 15 is 0 Å². The van der Waals surface area contributed by atoms with E-state index in [1.54, 1.807) is 16.8 Å². The van der Waals surface area contributed by atoms with E-state index in [4.69, 9.17) is 0 Å². The Morgan fingerprint density at radius 3 is 2.18 bits per heavy atom. The largest absolute Gasteiger partial charge is 0.296 e. The zero-order valence-corrected chi connectivity index (χ0v) is 19.4. The fraction of sp³-hybridized carbons (Fsp3) is 0.350. The molecule has 2 aromatic carbocycles. The van der Waals surface area contributed by atoms with Gasteiger partial charge in [0.25, 0.3) is 0 Å². The molecule has 3 aromatic rings. The summed E-state index contributed by atoms with van der Waals surface area (Å²) in [5.74, 6) is 0.100. The predicted octanol–water partition coefficient (Wildman–Crippen LogP) is 1.15. The first-order valence-electron chi connectivity index (χ1n) is 10.2. The molecule has 0 atom stereocenters. The number of rotatable bonds is 7. The van der Waals surface area contributed by atoms with Crippen LogP contribution in [0.25, 0.3) is 5.69 Å². The number of sulfone groups is 1. The summed E-state index contributed by atoms with van der Waals surface area (Å²) in [6.07, 6.45) is 2.35. The van der Waals surface area contributed by atoms with Crippen molar-refractivity contribution in [2.75, 3.05) is 19.3 Å². The van der Waals surface area contributed by atoms with Crippen LogP contribution < -0.4 is 4.72 Å². The first-order valence-corrected chi connectivity index (χ1v) is 13.6. The third-order valence-corrected chi connectivity index (χ3v) is 8.11. The second-order valence-electron chi connectivity index (χ2n) is 7.90. The predicted molar refractivity (Wildman–Crippen MR) is 117 cm³/mol. The number of piperidine rings is 1. The molecule has 1 N–H and O–H groups in total. The van der Waals surface area contributed by atoms with E-state index in [0.717, 1.165) is 18.4 Å². The smallest absolute Gasteiger partial charge is 0.240 e. The van der Waals surface area contributed by atoms with Crippen LogP contribution in [0, 0.1) is 5.82 Å². The number of nitrogens with zero attached hydrogens (tertiary/aromatic N) is 5. The quantitative estimate of drug-likeness (QED) is 0.518. The monoisotopic (exact) mass is 494 g/mol. The SMILES string of the molecule is CS(=O)(=O)c1ccc(-n2nnnc2CN2CCC(NS(=O)(=O)c3ccc(F)cc3)CC2)cc1. The number of aromatic nitrogens is 4. The number of nitrogens with one attached hydrogen (secondary N) is 1. The summed E-state index contributed by atoms with van der Waals surface area (Å²) in [7, 11) is -7.01. The summed E-state index contributed by atoms with van der Waals surface area (Å²) in [6.45, 7) is 1.73. The standard InChI is InChI=1S/C20H23FN6O4S2/c1-32(28,29)18-8-4-17(5-9-18)27-20(22-24-25-27)14-26-12-10-16(11-13-26)23-33(30,31)19-6-2-15(21)3-7-19/h2-9,16,23H,10-14H2,1H3. The van der Waals surface area contributed by atoms with Crippen molar-refractivity contribution in [3.8, 4) is 5.69 Å². The van der Waals surface area contributed by atoms with Crippen LogP contribution in [0.4, 0.5) is 4.39 Å². The minimum atomic E-state index is -3.72. The number of tetrazole rings is 1. The molecule has 0 saturated carbocycles. The van der Waals surface area contributed by atoms with Gasteiger partial charge >= 0.3 is 0 Å². The molecule has 4 rings (SSSR count). The average molecular weight is 495 g/mol. The Morgan fingerprint density at radius 1 is 0.970 bits per heavy atom. The van der Waals surface area contributed by atoms with Gasteiger partial charge in [0.1, 0.15) is 5.82 Å². The van der Waals surface area contributed by atoms with Crippen LogP contribution >= 0.6 is 0 Å². The van der Waals surface area contributed by atoms with Crippen molar-refractivity contribution in [3.05, 3.63) is 60.2 Å². The van der Waals surface area contributed by atoms with Crippen molar-refractivity contribution in [3.63, 3.8) is 0 Å². The Labute approximate surface area is 191 Å². The maximum Gasteiger partial charge on any atom is 0.240 e. The Kier molecular flexibility index (Phi) is 6.56. The molecular weight excluding hydrogens is 471 g/mol. The summed E-state index contributed by atoms with van der Waals surface area (Å²) in [6, 6.07) is 10.8. The van der Waals surface area contributed by atoms with Crippen LogP contribution in [-0.2, 0) is 26.4 Å². The van der Waals surface area contributed by atoms with Gasteiger partial charge in [-0.1, -0.05) is 0 Å². The molecule has 1 aliphatic rings. The fourth-order valence-electron chi connectivity index (χ4n) is 3.65. The summed E-state index contributed by atoms with van der Waals surface area (Å²) in [5.41, 5.74) is 0.643. The minimum Gasteiger partial charge on any atom is -0.296 e. The summed E-state index contributed by atoms with van der Waals surface area (Å²) >= 11 is 0. The molecule has 0 spiro atoms. The van der Waals surface area contributed by atoms with Crippen LogP contribution in [0.3, 0.4) is 0 Å². The van der Waals surface area contributed by atoms with Crippen LogP contribution in [0.1, 0.15) is 18.7 Å². The fourth-order valence-corrected chi connectivity index (χ4v) is 5.59. The van der Waals surface area contributed by atoms with Crippen molar-refractivity contribution < 1.29 is 21.2 Å². The normalized spacial score (nSPS) is 16.2. The highest BCUT2D eigenvalue weighted by atomic mass is 32.2. The second kappa shape index (κ2) is 9.25. The lowest BCUT2D eigenvalue weighted by molar-refractivity contribution is 0.194. The van der Waals surface area contributed by atoms with Gasteiger partial charge in [-0.25, -0.2) is 25.9 Å². The van der Waals surface area contributed by atoms with E-state index in [1.807, 2.05) is 0 Å². The van der Waals surface area contributed by atoms with Gasteiger partial charge in [-0.2, -0.15) is 4.68 Å². The van der Waals surface area contributed by atoms with Gasteiger partial charge in [0.05, 0.1) is 22.0 Å². The molecule has 0 bridgehead atoms. The van der Waals surface area contributed by atoms with Crippen LogP contribution in [0.15, 0.2) is 58.3 Å². The Balaban J connectivity index is 1.36. The molecule has 1 aromatic heterocycles. The van der Waals surface area contributed by atoms with E-state index in [1.165, 1.54) is 24.3 Å². The number of sulfonamides is 1. The molecule has 1 fully saturated rings. The highest BCUT2D eigenvalue weighted by molar-refractivity contribution is 7.90. The van der Waals surface area contributed by atoms with Crippen LogP contribution in [0.2, 0.25) is 0 Å². The van der Waals surface area contributed by atoms with Gasteiger partial charge in [0.2, 0.25) is 10.0 Å². The van der Waals surface area contributed by atoms with Crippen LogP contribution in [0.5, 0.6) is 0 Å². The molecule has 0 amide bonds. The number of benzene rings is 2. The molecule has 176 valence electrons. The molecule has 2 heterocycles. The zero-order valence-electron chi connectivity index (χ0n) is 17.8. The lowest BCUT2D eigenvalue weighted by Crippen LogP contribution is -2.44. The van der Waals surface area contributed by atoms with Gasteiger partial charge < -0.3 is 0 Å². The zero-order chi connectivity index (χ0) is 23.6. The number of likely N-dealkylation sites (tertiary alicyclic amines) is 1. The van der Waals surface area contributed by atoms with Gasteiger partial charge in [0.15, 0.2) is 15.7 Å². The summed E-state index contributed by atoms with van der Waals surface area (Å²) < 4.78 is 65.7. The highest BCUT2D eigenvalue weighted by Crippen LogP contribution is 2.18. The van der Waals surface area contributed by atoms with Gasteiger partial charge in [0, 0.05) is 25.4 Å². The maximum atomic E-state index is 13.1. The first-order chi connectivity index (χ1) is 15.6.